The highest BCUT2D eigenvalue weighted by atomic mass is 16.5. The van der Waals surface area contributed by atoms with Gasteiger partial charge in [-0.05, 0) is 30.2 Å². The van der Waals surface area contributed by atoms with Gasteiger partial charge < -0.3 is 9.15 Å². The molecule has 8 nitrogen and oxygen atoms in total. The van der Waals surface area contributed by atoms with Crippen molar-refractivity contribution in [3.63, 3.8) is 0 Å². The number of esters is 1. The lowest BCUT2D eigenvalue weighted by atomic mass is 10.1. The quantitative estimate of drug-likeness (QED) is 0.401. The van der Waals surface area contributed by atoms with Gasteiger partial charge in [0.2, 0.25) is 0 Å². The van der Waals surface area contributed by atoms with Crippen LogP contribution in [0, 0.1) is 0 Å². The standard InChI is InChI=1S/C22H18N2O6/c1-2-13-7-8-15-14(10-19(25)30-18(15)9-13)12-29-20(26)11-24-22(28)17-6-4-3-5-16(17)21(27)23-24/h3-10H,2,11-12H2,1H3,(H,23,27). The Morgan fingerprint density at radius 1 is 1.03 bits per heavy atom. The SMILES string of the molecule is CCc1ccc2c(COC(=O)Cn3[nH]c(=O)c4ccccc4c3=O)cc(=O)oc2c1. The van der Waals surface area contributed by atoms with Crippen molar-refractivity contribution in [1.82, 2.24) is 9.78 Å². The smallest absolute Gasteiger partial charge is 0.336 e. The molecule has 2 heterocycles. The Hall–Kier alpha value is -3.94. The number of nitrogens with one attached hydrogen (secondary N) is 1. The summed E-state index contributed by atoms with van der Waals surface area (Å²) in [6.45, 7) is 1.36. The van der Waals surface area contributed by atoms with E-state index in [1.807, 2.05) is 19.1 Å². The fraction of sp³-hybridized carbons (Fsp3) is 0.182. The van der Waals surface area contributed by atoms with Gasteiger partial charge in [0.1, 0.15) is 18.7 Å². The summed E-state index contributed by atoms with van der Waals surface area (Å²) < 4.78 is 11.4. The van der Waals surface area contributed by atoms with Crippen LogP contribution in [0.25, 0.3) is 21.7 Å². The van der Waals surface area contributed by atoms with Crippen molar-refractivity contribution >= 4 is 27.7 Å². The number of hydrogen-bond acceptors (Lipinski definition) is 6. The second kappa shape index (κ2) is 7.82. The Labute approximate surface area is 169 Å². The zero-order valence-electron chi connectivity index (χ0n) is 16.1. The lowest BCUT2D eigenvalue weighted by Crippen LogP contribution is -2.32. The van der Waals surface area contributed by atoms with Gasteiger partial charge >= 0.3 is 11.6 Å². The van der Waals surface area contributed by atoms with Gasteiger partial charge in [0.05, 0.1) is 10.8 Å². The van der Waals surface area contributed by atoms with Crippen LogP contribution in [0.2, 0.25) is 0 Å². The molecule has 8 heteroatoms. The summed E-state index contributed by atoms with van der Waals surface area (Å²) in [5, 5.41) is 3.51. The third kappa shape index (κ3) is 3.67. The average molecular weight is 406 g/mol. The summed E-state index contributed by atoms with van der Waals surface area (Å²) in [7, 11) is 0. The summed E-state index contributed by atoms with van der Waals surface area (Å²) in [4.78, 5) is 48.8. The highest BCUT2D eigenvalue weighted by Crippen LogP contribution is 2.20. The Morgan fingerprint density at radius 2 is 1.80 bits per heavy atom. The zero-order chi connectivity index (χ0) is 21.3. The summed E-state index contributed by atoms with van der Waals surface area (Å²) in [5.41, 5.74) is 0.410. The fourth-order valence-electron chi connectivity index (χ4n) is 3.30. The third-order valence-corrected chi connectivity index (χ3v) is 4.86. The van der Waals surface area contributed by atoms with E-state index >= 15 is 0 Å². The maximum atomic E-state index is 12.5. The summed E-state index contributed by atoms with van der Waals surface area (Å²) in [6.07, 6.45) is 0.789. The van der Waals surface area contributed by atoms with E-state index in [2.05, 4.69) is 5.10 Å². The molecule has 0 bridgehead atoms. The number of ether oxygens (including phenoxy) is 1. The number of nitrogens with zero attached hydrogens (tertiary/aromatic N) is 1. The number of rotatable bonds is 5. The maximum absolute atomic E-state index is 12.5. The van der Waals surface area contributed by atoms with Crippen LogP contribution in [0.5, 0.6) is 0 Å². The predicted molar refractivity (Wildman–Crippen MR) is 110 cm³/mol. The van der Waals surface area contributed by atoms with Crippen LogP contribution in [-0.2, 0) is 29.1 Å². The monoisotopic (exact) mass is 406 g/mol. The van der Waals surface area contributed by atoms with Crippen LogP contribution in [0.4, 0.5) is 0 Å². The van der Waals surface area contributed by atoms with E-state index in [0.29, 0.717) is 16.5 Å². The first-order chi connectivity index (χ1) is 14.5. The minimum absolute atomic E-state index is 0.168. The van der Waals surface area contributed by atoms with Crippen molar-refractivity contribution in [2.75, 3.05) is 0 Å². The van der Waals surface area contributed by atoms with Crippen LogP contribution < -0.4 is 16.7 Å². The molecule has 1 N–H and O–H groups in total. The minimum atomic E-state index is -0.727. The van der Waals surface area contributed by atoms with E-state index in [9.17, 15) is 19.2 Å². The number of hydrogen-bond donors (Lipinski definition) is 1. The van der Waals surface area contributed by atoms with E-state index < -0.39 is 29.3 Å². The van der Waals surface area contributed by atoms with Crippen molar-refractivity contribution in [3.05, 3.63) is 90.8 Å². The maximum Gasteiger partial charge on any atom is 0.336 e. The van der Waals surface area contributed by atoms with E-state index in [4.69, 9.17) is 9.15 Å². The summed E-state index contributed by atoms with van der Waals surface area (Å²) >= 11 is 0. The molecule has 0 unspecified atom stereocenters. The molecule has 0 aliphatic heterocycles. The molecule has 2 aromatic carbocycles. The molecule has 0 atom stereocenters. The first-order valence-electron chi connectivity index (χ1n) is 9.39. The minimum Gasteiger partial charge on any atom is -0.459 e. The number of fused-ring (bicyclic) bond motifs is 2. The van der Waals surface area contributed by atoms with Crippen molar-refractivity contribution in [3.8, 4) is 0 Å². The Kier molecular flexibility index (Phi) is 5.05. The summed E-state index contributed by atoms with van der Waals surface area (Å²) in [5.74, 6) is -0.727. The second-order valence-corrected chi connectivity index (χ2v) is 6.81. The molecule has 0 saturated heterocycles. The number of benzene rings is 2. The number of carbonyl (C=O) groups is 1. The average Bonchev–Trinajstić information content (AvgIpc) is 2.75. The largest absolute Gasteiger partial charge is 0.459 e. The molecule has 0 fully saturated rings. The van der Waals surface area contributed by atoms with Gasteiger partial charge in [-0.2, -0.15) is 0 Å². The molecule has 152 valence electrons. The molecular weight excluding hydrogens is 388 g/mol. The lowest BCUT2D eigenvalue weighted by Gasteiger charge is -2.09. The van der Waals surface area contributed by atoms with Crippen LogP contribution in [0.3, 0.4) is 0 Å². The van der Waals surface area contributed by atoms with Crippen LogP contribution in [-0.4, -0.2) is 15.7 Å². The van der Waals surface area contributed by atoms with Gasteiger partial charge in [-0.25, -0.2) is 9.48 Å². The number of carbonyl (C=O) groups excluding carboxylic acids is 1. The second-order valence-electron chi connectivity index (χ2n) is 6.81. The molecule has 4 aromatic rings. The Balaban J connectivity index is 1.57. The number of H-pyrrole nitrogens is 1. The molecule has 30 heavy (non-hydrogen) atoms. The molecule has 2 aromatic heterocycles. The van der Waals surface area contributed by atoms with Crippen molar-refractivity contribution in [2.24, 2.45) is 0 Å². The molecule has 4 rings (SSSR count). The molecule has 0 aliphatic rings. The zero-order valence-corrected chi connectivity index (χ0v) is 16.1. The van der Waals surface area contributed by atoms with Gasteiger partial charge in [-0.3, -0.25) is 19.5 Å². The molecule has 0 amide bonds. The van der Waals surface area contributed by atoms with Crippen LogP contribution in [0.1, 0.15) is 18.1 Å². The highest BCUT2D eigenvalue weighted by molar-refractivity contribution is 5.82. The molecule has 0 saturated carbocycles. The summed E-state index contributed by atoms with van der Waals surface area (Å²) in [6, 6.07) is 13.1. The number of aromatic amines is 1. The van der Waals surface area contributed by atoms with Gasteiger partial charge in [-0.1, -0.05) is 31.2 Å². The normalized spacial score (nSPS) is 11.1. The van der Waals surface area contributed by atoms with Gasteiger partial charge in [0.25, 0.3) is 11.1 Å². The van der Waals surface area contributed by atoms with Gasteiger partial charge in [0.15, 0.2) is 0 Å². The van der Waals surface area contributed by atoms with Crippen molar-refractivity contribution in [2.45, 2.75) is 26.5 Å². The Bertz CT molecular complexity index is 1440. The lowest BCUT2D eigenvalue weighted by molar-refractivity contribution is -0.145. The van der Waals surface area contributed by atoms with E-state index in [-0.39, 0.29) is 17.4 Å². The van der Waals surface area contributed by atoms with Gasteiger partial charge in [0, 0.05) is 17.0 Å². The molecule has 0 spiro atoms. The first-order valence-corrected chi connectivity index (χ1v) is 9.39. The van der Waals surface area contributed by atoms with Gasteiger partial charge in [-0.15, -0.1) is 0 Å². The highest BCUT2D eigenvalue weighted by Gasteiger charge is 2.13. The van der Waals surface area contributed by atoms with Crippen molar-refractivity contribution < 1.29 is 13.9 Å². The number of aryl methyl sites for hydroxylation is 1. The van der Waals surface area contributed by atoms with E-state index in [1.54, 1.807) is 18.2 Å². The third-order valence-electron chi connectivity index (χ3n) is 4.86. The topological polar surface area (TPSA) is 111 Å². The molecule has 0 radical (unpaired) electrons. The van der Waals surface area contributed by atoms with E-state index in [0.717, 1.165) is 16.7 Å². The molecule has 0 aliphatic carbocycles. The Morgan fingerprint density at radius 3 is 2.57 bits per heavy atom. The van der Waals surface area contributed by atoms with Crippen LogP contribution >= 0.6 is 0 Å². The van der Waals surface area contributed by atoms with E-state index in [1.165, 1.54) is 18.2 Å². The van der Waals surface area contributed by atoms with Crippen LogP contribution in [0.15, 0.2) is 67.3 Å². The molecular formula is C22H18N2O6. The predicted octanol–water partition coefficient (Wildman–Crippen LogP) is 2.10. The number of aromatic nitrogens is 2. The first kappa shape index (κ1) is 19.4. The van der Waals surface area contributed by atoms with Crippen molar-refractivity contribution in [1.29, 1.82) is 0 Å². The fourth-order valence-corrected chi connectivity index (χ4v) is 3.30.